The number of nitrogens with zero attached hydrogens (tertiary/aromatic N) is 1. The molecule has 0 atom stereocenters. The van der Waals surface area contributed by atoms with Crippen LogP contribution in [0.4, 0.5) is 13.2 Å². The maximum atomic E-state index is 12.8. The Morgan fingerprint density at radius 2 is 1.79 bits per heavy atom. The number of ether oxygens (including phenoxy) is 2. The Bertz CT molecular complexity index is 858. The molecule has 24 heavy (non-hydrogen) atoms. The summed E-state index contributed by atoms with van der Waals surface area (Å²) in [4.78, 5) is 29.5. The van der Waals surface area contributed by atoms with Crippen LogP contribution in [-0.2, 0) is 25.2 Å². The minimum atomic E-state index is -4.64. The zero-order chi connectivity index (χ0) is 17.7. The van der Waals surface area contributed by atoms with Gasteiger partial charge in [-0.3, -0.25) is 0 Å². The standard InChI is InChI=1S/C15H11F3N2O4/c1-14(2)23-11(21)8(12(22)24-14)6-7-4-3-5-9-10(7)20-13(19-9)15(16,17)18/h3-6H,1-2H3,(H,19,20). The number of imidazole rings is 1. The van der Waals surface area contributed by atoms with Crippen molar-refractivity contribution in [2.75, 3.05) is 0 Å². The number of fused-ring (bicyclic) bond motifs is 1. The Labute approximate surface area is 133 Å². The van der Waals surface area contributed by atoms with Crippen LogP contribution in [0.5, 0.6) is 0 Å². The second-order valence-electron chi connectivity index (χ2n) is 5.56. The Kier molecular flexibility index (Phi) is 3.40. The van der Waals surface area contributed by atoms with Crippen molar-refractivity contribution >= 4 is 29.0 Å². The predicted molar refractivity (Wildman–Crippen MR) is 75.3 cm³/mol. The molecule has 0 radical (unpaired) electrons. The van der Waals surface area contributed by atoms with Crippen LogP contribution in [0.2, 0.25) is 0 Å². The molecule has 0 spiro atoms. The minimum Gasteiger partial charge on any atom is -0.419 e. The molecule has 1 fully saturated rings. The van der Waals surface area contributed by atoms with Crippen LogP contribution in [0.3, 0.4) is 0 Å². The Morgan fingerprint density at radius 1 is 1.17 bits per heavy atom. The van der Waals surface area contributed by atoms with Gasteiger partial charge in [0.1, 0.15) is 5.57 Å². The molecule has 3 rings (SSSR count). The fourth-order valence-electron chi connectivity index (χ4n) is 2.24. The predicted octanol–water partition coefficient (Wildman–Crippen LogP) is 2.80. The number of hydrogen-bond acceptors (Lipinski definition) is 5. The van der Waals surface area contributed by atoms with Gasteiger partial charge in [-0.15, -0.1) is 0 Å². The molecule has 1 N–H and O–H groups in total. The maximum absolute atomic E-state index is 12.8. The van der Waals surface area contributed by atoms with Crippen LogP contribution in [0.15, 0.2) is 23.8 Å². The van der Waals surface area contributed by atoms with E-state index in [1.807, 2.05) is 0 Å². The van der Waals surface area contributed by atoms with Gasteiger partial charge >= 0.3 is 18.1 Å². The van der Waals surface area contributed by atoms with Gasteiger partial charge in [0.05, 0.1) is 11.0 Å². The third kappa shape index (κ3) is 2.84. The Balaban J connectivity index is 2.08. The molecule has 1 aliphatic heterocycles. The molecule has 0 bridgehead atoms. The zero-order valence-corrected chi connectivity index (χ0v) is 12.5. The molecule has 1 aliphatic rings. The van der Waals surface area contributed by atoms with Crippen molar-refractivity contribution in [1.82, 2.24) is 9.97 Å². The van der Waals surface area contributed by atoms with Gasteiger partial charge in [-0.1, -0.05) is 12.1 Å². The highest BCUT2D eigenvalue weighted by Gasteiger charge is 2.39. The van der Waals surface area contributed by atoms with Crippen LogP contribution < -0.4 is 0 Å². The first-order valence-electron chi connectivity index (χ1n) is 6.81. The molecule has 9 heteroatoms. The summed E-state index contributed by atoms with van der Waals surface area (Å²) >= 11 is 0. The molecular formula is C15H11F3N2O4. The van der Waals surface area contributed by atoms with E-state index < -0.39 is 35.3 Å². The lowest BCUT2D eigenvalue weighted by Crippen LogP contribution is -2.41. The van der Waals surface area contributed by atoms with Crippen molar-refractivity contribution < 1.29 is 32.2 Å². The van der Waals surface area contributed by atoms with Gasteiger partial charge in [0.2, 0.25) is 5.82 Å². The summed E-state index contributed by atoms with van der Waals surface area (Å²) in [6, 6.07) is 4.30. The molecule has 2 heterocycles. The number of benzene rings is 1. The van der Waals surface area contributed by atoms with E-state index in [1.165, 1.54) is 32.0 Å². The van der Waals surface area contributed by atoms with Crippen molar-refractivity contribution in [3.05, 3.63) is 35.2 Å². The quantitative estimate of drug-likeness (QED) is 0.490. The number of alkyl halides is 3. The van der Waals surface area contributed by atoms with Crippen molar-refractivity contribution in [2.45, 2.75) is 25.8 Å². The molecule has 1 aromatic carbocycles. The van der Waals surface area contributed by atoms with E-state index in [0.29, 0.717) is 0 Å². The molecule has 2 aromatic rings. The third-order valence-electron chi connectivity index (χ3n) is 3.23. The first-order chi connectivity index (χ1) is 11.1. The van der Waals surface area contributed by atoms with Gasteiger partial charge in [0.15, 0.2) is 0 Å². The first kappa shape index (κ1) is 16.0. The monoisotopic (exact) mass is 340 g/mol. The maximum Gasteiger partial charge on any atom is 0.449 e. The molecule has 0 aliphatic carbocycles. The second kappa shape index (κ2) is 5.08. The van der Waals surface area contributed by atoms with E-state index in [2.05, 4.69) is 9.97 Å². The number of esters is 2. The molecule has 0 unspecified atom stereocenters. The number of nitrogens with one attached hydrogen (secondary N) is 1. The highest BCUT2D eigenvalue weighted by Crippen LogP contribution is 2.31. The topological polar surface area (TPSA) is 81.3 Å². The van der Waals surface area contributed by atoms with Crippen molar-refractivity contribution in [3.63, 3.8) is 0 Å². The summed E-state index contributed by atoms with van der Waals surface area (Å²) in [7, 11) is 0. The summed E-state index contributed by atoms with van der Waals surface area (Å²) in [5, 5.41) is 0. The van der Waals surface area contributed by atoms with Crippen LogP contribution >= 0.6 is 0 Å². The summed E-state index contributed by atoms with van der Waals surface area (Å²) in [6.07, 6.45) is -3.54. The molecule has 0 amide bonds. The van der Waals surface area contributed by atoms with E-state index in [4.69, 9.17) is 9.47 Å². The Morgan fingerprint density at radius 3 is 2.38 bits per heavy atom. The summed E-state index contributed by atoms with van der Waals surface area (Å²) in [5.74, 6) is -4.40. The zero-order valence-electron chi connectivity index (χ0n) is 12.5. The van der Waals surface area contributed by atoms with Crippen LogP contribution in [0.1, 0.15) is 25.2 Å². The highest BCUT2D eigenvalue weighted by molar-refractivity contribution is 6.19. The lowest BCUT2D eigenvalue weighted by molar-refractivity contribution is -0.222. The fraction of sp³-hybridized carbons (Fsp3) is 0.267. The number of aromatic amines is 1. The average molecular weight is 340 g/mol. The van der Waals surface area contributed by atoms with Gasteiger partial charge in [-0.25, -0.2) is 14.6 Å². The van der Waals surface area contributed by atoms with Gasteiger partial charge < -0.3 is 14.5 Å². The number of para-hydroxylation sites is 1. The van der Waals surface area contributed by atoms with Gasteiger partial charge in [0, 0.05) is 19.4 Å². The van der Waals surface area contributed by atoms with E-state index >= 15 is 0 Å². The smallest absolute Gasteiger partial charge is 0.419 e. The highest BCUT2D eigenvalue weighted by atomic mass is 19.4. The van der Waals surface area contributed by atoms with Gasteiger partial charge in [0.25, 0.3) is 5.79 Å². The normalized spacial score (nSPS) is 17.6. The molecule has 126 valence electrons. The van der Waals surface area contributed by atoms with E-state index in [-0.39, 0.29) is 16.6 Å². The average Bonchev–Trinajstić information content (AvgIpc) is 2.86. The first-order valence-corrected chi connectivity index (χ1v) is 6.81. The number of carbonyl (C=O) groups excluding carboxylic acids is 2. The lowest BCUT2D eigenvalue weighted by atomic mass is 10.1. The van der Waals surface area contributed by atoms with Crippen molar-refractivity contribution in [3.8, 4) is 0 Å². The summed E-state index contributed by atoms with van der Waals surface area (Å²) in [5.41, 5.74) is -0.168. The largest absolute Gasteiger partial charge is 0.449 e. The van der Waals surface area contributed by atoms with Gasteiger partial charge in [-0.2, -0.15) is 13.2 Å². The molecule has 6 nitrogen and oxygen atoms in total. The van der Waals surface area contributed by atoms with Crippen LogP contribution in [-0.4, -0.2) is 27.7 Å². The molecular weight excluding hydrogens is 329 g/mol. The third-order valence-corrected chi connectivity index (χ3v) is 3.23. The van der Waals surface area contributed by atoms with Crippen molar-refractivity contribution in [2.24, 2.45) is 0 Å². The number of rotatable bonds is 1. The molecule has 1 saturated heterocycles. The number of H-pyrrole nitrogens is 1. The number of cyclic esters (lactones) is 2. The lowest BCUT2D eigenvalue weighted by Gasteiger charge is -2.29. The van der Waals surface area contributed by atoms with E-state index in [1.54, 1.807) is 0 Å². The fourth-order valence-corrected chi connectivity index (χ4v) is 2.24. The van der Waals surface area contributed by atoms with Gasteiger partial charge in [-0.05, 0) is 12.1 Å². The second-order valence-corrected chi connectivity index (χ2v) is 5.56. The summed E-state index contributed by atoms with van der Waals surface area (Å²) in [6.45, 7) is 2.78. The van der Waals surface area contributed by atoms with Crippen LogP contribution in [0.25, 0.3) is 17.1 Å². The SMILES string of the molecule is CC1(C)OC(=O)C(=Cc2cccc3[nH]c(C(F)(F)F)nc23)C(=O)O1. The number of hydrogen-bond donors (Lipinski definition) is 1. The Hall–Kier alpha value is -2.84. The van der Waals surface area contributed by atoms with E-state index in [9.17, 15) is 22.8 Å². The summed E-state index contributed by atoms with van der Waals surface area (Å²) < 4.78 is 48.2. The molecule has 0 saturated carbocycles. The molecule has 1 aromatic heterocycles. The number of halogens is 3. The minimum absolute atomic E-state index is 0.0252. The number of aromatic nitrogens is 2. The van der Waals surface area contributed by atoms with Crippen LogP contribution in [0, 0.1) is 0 Å². The van der Waals surface area contributed by atoms with Crippen molar-refractivity contribution in [1.29, 1.82) is 0 Å². The van der Waals surface area contributed by atoms with E-state index in [0.717, 1.165) is 6.08 Å². The number of carbonyl (C=O) groups is 2.